The standard InChI is InChI=1S/C16H25NO4/c1-4-6-14(16(18)20-5-2)21-15-11-13(19-3)8-7-12(15)9-10-17/h7-8,11,14H,4-6,9-10,17H2,1-3H3. The maximum Gasteiger partial charge on any atom is 0.347 e. The summed E-state index contributed by atoms with van der Waals surface area (Å²) in [5, 5.41) is 0. The van der Waals surface area contributed by atoms with Crippen molar-refractivity contribution in [2.24, 2.45) is 5.73 Å². The quantitative estimate of drug-likeness (QED) is 0.708. The third kappa shape index (κ3) is 5.27. The van der Waals surface area contributed by atoms with Gasteiger partial charge in [0, 0.05) is 6.07 Å². The van der Waals surface area contributed by atoms with Gasteiger partial charge in [0.25, 0.3) is 0 Å². The molecule has 0 aliphatic carbocycles. The minimum atomic E-state index is -0.599. The van der Waals surface area contributed by atoms with Crippen molar-refractivity contribution >= 4 is 5.97 Å². The molecule has 21 heavy (non-hydrogen) atoms. The minimum Gasteiger partial charge on any atom is -0.497 e. The smallest absolute Gasteiger partial charge is 0.347 e. The van der Waals surface area contributed by atoms with Gasteiger partial charge in [0.05, 0.1) is 13.7 Å². The lowest BCUT2D eigenvalue weighted by atomic mass is 10.1. The van der Waals surface area contributed by atoms with Crippen LogP contribution in [0.3, 0.4) is 0 Å². The molecule has 0 amide bonds. The van der Waals surface area contributed by atoms with Gasteiger partial charge < -0.3 is 19.9 Å². The number of benzene rings is 1. The lowest BCUT2D eigenvalue weighted by Gasteiger charge is -2.19. The van der Waals surface area contributed by atoms with E-state index in [9.17, 15) is 4.79 Å². The maximum atomic E-state index is 12.0. The average Bonchev–Trinajstić information content (AvgIpc) is 2.48. The van der Waals surface area contributed by atoms with Crippen LogP contribution in [0.25, 0.3) is 0 Å². The summed E-state index contributed by atoms with van der Waals surface area (Å²) in [4.78, 5) is 12.0. The number of carbonyl (C=O) groups is 1. The Morgan fingerprint density at radius 1 is 1.33 bits per heavy atom. The molecule has 5 nitrogen and oxygen atoms in total. The number of ether oxygens (including phenoxy) is 3. The number of esters is 1. The molecule has 0 fully saturated rings. The van der Waals surface area contributed by atoms with Crippen LogP contribution in [0.4, 0.5) is 0 Å². The SMILES string of the molecule is CCCC(Oc1cc(OC)ccc1CCN)C(=O)OCC. The number of hydrogen-bond donors (Lipinski definition) is 1. The molecule has 0 aliphatic rings. The van der Waals surface area contributed by atoms with Crippen molar-refractivity contribution in [1.82, 2.24) is 0 Å². The molecule has 0 heterocycles. The van der Waals surface area contributed by atoms with E-state index in [1.54, 1.807) is 20.1 Å². The summed E-state index contributed by atoms with van der Waals surface area (Å²) < 4.78 is 16.2. The van der Waals surface area contributed by atoms with Crippen LogP contribution in [0.5, 0.6) is 11.5 Å². The fraction of sp³-hybridized carbons (Fsp3) is 0.562. The number of carbonyl (C=O) groups excluding carboxylic acids is 1. The molecule has 118 valence electrons. The molecule has 1 aromatic rings. The molecule has 1 unspecified atom stereocenters. The molecule has 0 radical (unpaired) electrons. The predicted octanol–water partition coefficient (Wildman–Crippen LogP) is 2.31. The molecule has 0 saturated carbocycles. The first-order valence-corrected chi connectivity index (χ1v) is 7.36. The Hall–Kier alpha value is -1.75. The van der Waals surface area contributed by atoms with Crippen molar-refractivity contribution in [3.8, 4) is 11.5 Å². The van der Waals surface area contributed by atoms with Crippen molar-refractivity contribution in [2.45, 2.75) is 39.2 Å². The second-order valence-electron chi connectivity index (χ2n) is 4.66. The fourth-order valence-corrected chi connectivity index (χ4v) is 2.01. The monoisotopic (exact) mass is 295 g/mol. The highest BCUT2D eigenvalue weighted by Gasteiger charge is 2.22. The van der Waals surface area contributed by atoms with E-state index in [-0.39, 0.29) is 5.97 Å². The minimum absolute atomic E-state index is 0.333. The Morgan fingerprint density at radius 2 is 2.10 bits per heavy atom. The third-order valence-electron chi connectivity index (χ3n) is 3.06. The summed E-state index contributed by atoms with van der Waals surface area (Å²) in [6.45, 7) is 4.64. The Balaban J connectivity index is 2.96. The summed E-state index contributed by atoms with van der Waals surface area (Å²) in [7, 11) is 1.59. The van der Waals surface area contributed by atoms with E-state index in [4.69, 9.17) is 19.9 Å². The van der Waals surface area contributed by atoms with Crippen LogP contribution < -0.4 is 15.2 Å². The van der Waals surface area contributed by atoms with Gasteiger partial charge >= 0.3 is 5.97 Å². The zero-order chi connectivity index (χ0) is 15.7. The van der Waals surface area contributed by atoms with Crippen LogP contribution in [-0.2, 0) is 16.0 Å². The number of rotatable bonds is 9. The Bertz CT molecular complexity index is 448. The van der Waals surface area contributed by atoms with Crippen molar-refractivity contribution < 1.29 is 19.0 Å². The van der Waals surface area contributed by atoms with Gasteiger partial charge in [-0.2, -0.15) is 0 Å². The molecule has 0 aromatic heterocycles. The van der Waals surface area contributed by atoms with Crippen molar-refractivity contribution in [3.63, 3.8) is 0 Å². The van der Waals surface area contributed by atoms with E-state index in [0.717, 1.165) is 12.0 Å². The maximum absolute atomic E-state index is 12.0. The molecular formula is C16H25NO4. The summed E-state index contributed by atoms with van der Waals surface area (Å²) in [5.74, 6) is 0.983. The van der Waals surface area contributed by atoms with Crippen LogP contribution in [0, 0.1) is 0 Å². The summed E-state index contributed by atoms with van der Waals surface area (Å²) in [5.41, 5.74) is 6.58. The van der Waals surface area contributed by atoms with Gasteiger partial charge in [0.1, 0.15) is 11.5 Å². The normalized spacial score (nSPS) is 11.8. The van der Waals surface area contributed by atoms with E-state index in [0.29, 0.717) is 37.5 Å². The predicted molar refractivity (Wildman–Crippen MR) is 81.7 cm³/mol. The topological polar surface area (TPSA) is 70.8 Å². The fourth-order valence-electron chi connectivity index (χ4n) is 2.01. The highest BCUT2D eigenvalue weighted by atomic mass is 16.6. The molecule has 0 spiro atoms. The first-order valence-electron chi connectivity index (χ1n) is 7.36. The van der Waals surface area contributed by atoms with E-state index >= 15 is 0 Å². The second kappa shape index (κ2) is 9.23. The molecule has 1 rings (SSSR count). The van der Waals surface area contributed by atoms with E-state index in [1.807, 2.05) is 19.1 Å². The van der Waals surface area contributed by atoms with Gasteiger partial charge in [-0.1, -0.05) is 19.4 Å². The van der Waals surface area contributed by atoms with Crippen molar-refractivity contribution in [1.29, 1.82) is 0 Å². The van der Waals surface area contributed by atoms with Gasteiger partial charge in [-0.05, 0) is 37.9 Å². The molecular weight excluding hydrogens is 270 g/mol. The molecule has 1 aromatic carbocycles. The number of hydrogen-bond acceptors (Lipinski definition) is 5. The zero-order valence-corrected chi connectivity index (χ0v) is 13.1. The molecule has 0 saturated heterocycles. The summed E-state index contributed by atoms with van der Waals surface area (Å²) >= 11 is 0. The molecule has 5 heteroatoms. The largest absolute Gasteiger partial charge is 0.497 e. The van der Waals surface area contributed by atoms with E-state index in [2.05, 4.69) is 0 Å². The van der Waals surface area contributed by atoms with Crippen molar-refractivity contribution in [2.75, 3.05) is 20.3 Å². The zero-order valence-electron chi connectivity index (χ0n) is 13.1. The summed E-state index contributed by atoms with van der Waals surface area (Å²) in [6, 6.07) is 5.55. The van der Waals surface area contributed by atoms with Crippen molar-refractivity contribution in [3.05, 3.63) is 23.8 Å². The van der Waals surface area contributed by atoms with Gasteiger partial charge in [0.15, 0.2) is 6.10 Å². The molecule has 2 N–H and O–H groups in total. The van der Waals surface area contributed by atoms with Crippen LogP contribution in [-0.4, -0.2) is 32.3 Å². The molecule has 1 atom stereocenters. The molecule has 0 bridgehead atoms. The first kappa shape index (κ1) is 17.3. The first-order chi connectivity index (χ1) is 10.2. The van der Waals surface area contributed by atoms with Gasteiger partial charge in [0.2, 0.25) is 0 Å². The van der Waals surface area contributed by atoms with Gasteiger partial charge in [-0.3, -0.25) is 0 Å². The highest BCUT2D eigenvalue weighted by molar-refractivity contribution is 5.75. The van der Waals surface area contributed by atoms with Crippen LogP contribution in [0.15, 0.2) is 18.2 Å². The van der Waals surface area contributed by atoms with Crippen LogP contribution in [0.2, 0.25) is 0 Å². The lowest BCUT2D eigenvalue weighted by Crippen LogP contribution is -2.29. The average molecular weight is 295 g/mol. The van der Waals surface area contributed by atoms with Gasteiger partial charge in [-0.15, -0.1) is 0 Å². The Labute approximate surface area is 126 Å². The molecule has 0 aliphatic heterocycles. The highest BCUT2D eigenvalue weighted by Crippen LogP contribution is 2.27. The third-order valence-corrected chi connectivity index (χ3v) is 3.06. The van der Waals surface area contributed by atoms with Gasteiger partial charge in [-0.25, -0.2) is 4.79 Å². The number of nitrogens with two attached hydrogens (primary N) is 1. The van der Waals surface area contributed by atoms with Crippen LogP contribution in [0.1, 0.15) is 32.3 Å². The van der Waals surface area contributed by atoms with Crippen LogP contribution >= 0.6 is 0 Å². The Morgan fingerprint density at radius 3 is 2.67 bits per heavy atom. The van der Waals surface area contributed by atoms with E-state index in [1.165, 1.54) is 0 Å². The second-order valence-corrected chi connectivity index (χ2v) is 4.66. The number of methoxy groups -OCH3 is 1. The Kier molecular flexibility index (Phi) is 7.61. The van der Waals surface area contributed by atoms with E-state index < -0.39 is 6.10 Å². The summed E-state index contributed by atoms with van der Waals surface area (Å²) in [6.07, 6.45) is 1.53. The lowest BCUT2D eigenvalue weighted by molar-refractivity contribution is -0.151.